The van der Waals surface area contributed by atoms with Gasteiger partial charge in [-0.3, -0.25) is 9.59 Å². The number of fused-ring (bicyclic) bond motifs is 1. The molecule has 6 nitrogen and oxygen atoms in total. The van der Waals surface area contributed by atoms with Gasteiger partial charge in [-0.1, -0.05) is 24.3 Å². The van der Waals surface area contributed by atoms with Crippen molar-refractivity contribution in [1.29, 1.82) is 5.26 Å². The molecule has 0 fully saturated rings. The molecular formula is C19H18N4O2. The van der Waals surface area contributed by atoms with E-state index in [0.29, 0.717) is 18.5 Å². The Kier molecular flexibility index (Phi) is 4.95. The summed E-state index contributed by atoms with van der Waals surface area (Å²) in [6, 6.07) is 16.1. The van der Waals surface area contributed by atoms with E-state index in [9.17, 15) is 9.59 Å². The predicted octanol–water partition coefficient (Wildman–Crippen LogP) is 2.04. The molecule has 1 atom stereocenters. The van der Waals surface area contributed by atoms with Crippen LogP contribution in [0.5, 0.6) is 0 Å². The lowest BCUT2D eigenvalue weighted by Crippen LogP contribution is -2.42. The largest absolute Gasteiger partial charge is 0.372 e. The van der Waals surface area contributed by atoms with Crippen LogP contribution in [0.3, 0.4) is 0 Å². The molecule has 3 N–H and O–H groups in total. The summed E-state index contributed by atoms with van der Waals surface area (Å²) in [6.45, 7) is 0.482. The van der Waals surface area contributed by atoms with Crippen molar-refractivity contribution in [2.45, 2.75) is 18.9 Å². The van der Waals surface area contributed by atoms with Crippen molar-refractivity contribution in [3.05, 3.63) is 59.7 Å². The number of para-hydroxylation sites is 2. The van der Waals surface area contributed by atoms with Gasteiger partial charge in [-0.2, -0.15) is 5.26 Å². The number of carbonyl (C=O) groups excluding carboxylic acids is 2. The average Bonchev–Trinajstić information content (AvgIpc) is 2.63. The highest BCUT2D eigenvalue weighted by molar-refractivity contribution is 6.04. The zero-order valence-corrected chi connectivity index (χ0v) is 13.6. The highest BCUT2D eigenvalue weighted by Crippen LogP contribution is 2.26. The van der Waals surface area contributed by atoms with E-state index in [1.54, 1.807) is 12.1 Å². The second-order valence-corrected chi connectivity index (χ2v) is 5.84. The quantitative estimate of drug-likeness (QED) is 0.780. The summed E-state index contributed by atoms with van der Waals surface area (Å²) in [7, 11) is 0. The van der Waals surface area contributed by atoms with Crippen molar-refractivity contribution in [2.75, 3.05) is 17.2 Å². The molecule has 3 rings (SSSR count). The van der Waals surface area contributed by atoms with E-state index in [0.717, 1.165) is 16.9 Å². The monoisotopic (exact) mass is 334 g/mol. The van der Waals surface area contributed by atoms with Gasteiger partial charge in [0.1, 0.15) is 6.04 Å². The van der Waals surface area contributed by atoms with Gasteiger partial charge < -0.3 is 16.0 Å². The number of hydrogen-bond acceptors (Lipinski definition) is 4. The van der Waals surface area contributed by atoms with Gasteiger partial charge in [0.05, 0.1) is 29.4 Å². The summed E-state index contributed by atoms with van der Waals surface area (Å²) < 4.78 is 0. The van der Waals surface area contributed by atoms with E-state index in [2.05, 4.69) is 22.0 Å². The summed E-state index contributed by atoms with van der Waals surface area (Å²) in [5.41, 5.74) is 3.20. The Labute approximate surface area is 145 Å². The number of benzene rings is 2. The molecule has 126 valence electrons. The maximum atomic E-state index is 12.1. The van der Waals surface area contributed by atoms with Gasteiger partial charge in [-0.15, -0.1) is 0 Å². The van der Waals surface area contributed by atoms with Crippen molar-refractivity contribution in [3.63, 3.8) is 0 Å². The fourth-order valence-electron chi connectivity index (χ4n) is 2.68. The number of carbonyl (C=O) groups is 2. The van der Waals surface area contributed by atoms with Crippen LogP contribution in [0.1, 0.15) is 17.5 Å². The number of anilines is 2. The van der Waals surface area contributed by atoms with E-state index in [-0.39, 0.29) is 18.2 Å². The molecule has 0 saturated carbocycles. The molecule has 2 aromatic carbocycles. The van der Waals surface area contributed by atoms with E-state index in [1.807, 2.05) is 36.4 Å². The standard InChI is InChI=1S/C19H18N4O2/c20-12-14-7-5-13(6-8-14)9-10-21-18(24)11-17-19(25)23-16-4-2-1-3-15(16)22-17/h1-8,17,22H,9-11H2,(H,21,24)(H,23,25). The Morgan fingerprint density at radius 2 is 1.84 bits per heavy atom. The summed E-state index contributed by atoms with van der Waals surface area (Å²) in [4.78, 5) is 24.2. The minimum atomic E-state index is -0.579. The van der Waals surface area contributed by atoms with Crippen LogP contribution in [0, 0.1) is 11.3 Å². The summed E-state index contributed by atoms with van der Waals surface area (Å²) >= 11 is 0. The van der Waals surface area contributed by atoms with Crippen molar-refractivity contribution < 1.29 is 9.59 Å². The number of hydrogen-bond donors (Lipinski definition) is 3. The molecule has 1 aliphatic rings. The van der Waals surface area contributed by atoms with Gasteiger partial charge in [0, 0.05) is 6.54 Å². The maximum absolute atomic E-state index is 12.1. The fourth-order valence-corrected chi connectivity index (χ4v) is 2.68. The summed E-state index contributed by atoms with van der Waals surface area (Å²) in [6.07, 6.45) is 0.748. The minimum Gasteiger partial charge on any atom is -0.372 e. The van der Waals surface area contributed by atoms with Crippen molar-refractivity contribution in [1.82, 2.24) is 5.32 Å². The fraction of sp³-hybridized carbons (Fsp3) is 0.211. The molecule has 0 saturated heterocycles. The zero-order valence-electron chi connectivity index (χ0n) is 13.6. The summed E-state index contributed by atoms with van der Waals surface area (Å²) in [5, 5.41) is 17.5. The highest BCUT2D eigenvalue weighted by Gasteiger charge is 2.27. The molecule has 2 aromatic rings. The van der Waals surface area contributed by atoms with Gasteiger partial charge in [-0.25, -0.2) is 0 Å². The zero-order chi connectivity index (χ0) is 17.6. The third kappa shape index (κ3) is 4.15. The van der Waals surface area contributed by atoms with E-state index < -0.39 is 6.04 Å². The Hall–Kier alpha value is -3.33. The Bertz CT molecular complexity index is 824. The lowest BCUT2D eigenvalue weighted by Gasteiger charge is -2.26. The van der Waals surface area contributed by atoms with Crippen LogP contribution < -0.4 is 16.0 Å². The molecule has 0 spiro atoms. The molecular weight excluding hydrogens is 316 g/mol. The number of nitrogens with zero attached hydrogens (tertiary/aromatic N) is 1. The van der Waals surface area contributed by atoms with Crippen LogP contribution in [-0.2, 0) is 16.0 Å². The Morgan fingerprint density at radius 3 is 2.56 bits per heavy atom. The second-order valence-electron chi connectivity index (χ2n) is 5.84. The highest BCUT2D eigenvalue weighted by atomic mass is 16.2. The molecule has 1 heterocycles. The number of rotatable bonds is 5. The smallest absolute Gasteiger partial charge is 0.247 e. The van der Waals surface area contributed by atoms with E-state index >= 15 is 0 Å². The second kappa shape index (κ2) is 7.49. The lowest BCUT2D eigenvalue weighted by atomic mass is 10.1. The molecule has 0 bridgehead atoms. The topological polar surface area (TPSA) is 94.0 Å². The Morgan fingerprint density at radius 1 is 1.12 bits per heavy atom. The minimum absolute atomic E-state index is 0.0769. The van der Waals surface area contributed by atoms with Crippen molar-refractivity contribution >= 4 is 23.2 Å². The molecule has 6 heteroatoms. The first-order chi connectivity index (χ1) is 12.2. The molecule has 0 radical (unpaired) electrons. The third-order valence-corrected chi connectivity index (χ3v) is 4.04. The first-order valence-electron chi connectivity index (χ1n) is 8.08. The SMILES string of the molecule is N#Cc1ccc(CCNC(=O)CC2Nc3ccccc3NC2=O)cc1. The summed E-state index contributed by atoms with van der Waals surface area (Å²) in [5.74, 6) is -0.387. The predicted molar refractivity (Wildman–Crippen MR) is 95.0 cm³/mol. The number of amides is 2. The lowest BCUT2D eigenvalue weighted by molar-refractivity contribution is -0.124. The molecule has 1 unspecified atom stereocenters. The number of nitrogens with one attached hydrogen (secondary N) is 3. The number of nitriles is 1. The Balaban J connectivity index is 1.48. The van der Waals surface area contributed by atoms with Gasteiger partial charge in [0.2, 0.25) is 11.8 Å². The molecule has 2 amide bonds. The van der Waals surface area contributed by atoms with Crippen LogP contribution in [0.2, 0.25) is 0 Å². The van der Waals surface area contributed by atoms with Crippen LogP contribution in [0.4, 0.5) is 11.4 Å². The van der Waals surface area contributed by atoms with E-state index in [1.165, 1.54) is 0 Å². The molecule has 25 heavy (non-hydrogen) atoms. The van der Waals surface area contributed by atoms with Crippen molar-refractivity contribution in [2.24, 2.45) is 0 Å². The molecule has 1 aliphatic heterocycles. The van der Waals surface area contributed by atoms with Gasteiger partial charge in [0.25, 0.3) is 0 Å². The van der Waals surface area contributed by atoms with Crippen LogP contribution in [0.15, 0.2) is 48.5 Å². The van der Waals surface area contributed by atoms with Gasteiger partial charge >= 0.3 is 0 Å². The van der Waals surface area contributed by atoms with Crippen LogP contribution in [0.25, 0.3) is 0 Å². The van der Waals surface area contributed by atoms with Crippen LogP contribution in [-0.4, -0.2) is 24.4 Å². The van der Waals surface area contributed by atoms with Crippen LogP contribution >= 0.6 is 0 Å². The molecule has 0 aromatic heterocycles. The maximum Gasteiger partial charge on any atom is 0.247 e. The first-order valence-corrected chi connectivity index (χ1v) is 8.08. The third-order valence-electron chi connectivity index (χ3n) is 4.04. The van der Waals surface area contributed by atoms with Gasteiger partial charge in [0.15, 0.2) is 0 Å². The van der Waals surface area contributed by atoms with E-state index in [4.69, 9.17) is 5.26 Å². The molecule has 0 aliphatic carbocycles. The van der Waals surface area contributed by atoms with Gasteiger partial charge in [-0.05, 0) is 36.2 Å². The normalized spacial score (nSPS) is 15.3. The average molecular weight is 334 g/mol. The van der Waals surface area contributed by atoms with Crippen molar-refractivity contribution in [3.8, 4) is 6.07 Å². The first kappa shape index (κ1) is 16.5.